The Morgan fingerprint density at radius 3 is 2.88 bits per heavy atom. The molecule has 0 bridgehead atoms. The molecule has 0 amide bonds. The van der Waals surface area contributed by atoms with Crippen LogP contribution in [0.25, 0.3) is 0 Å². The number of hydrogen-bond acceptors (Lipinski definition) is 3. The molecule has 0 fully saturated rings. The van der Waals surface area contributed by atoms with Crippen molar-refractivity contribution in [2.45, 2.75) is 45.6 Å². The molecule has 0 saturated heterocycles. The standard InChI is InChI=1S/C14H21NO2/c1-4-16-14-12(15-10(2)3)9-11-7-5-6-8-13(11)17-14/h5-8,10,12,14-15H,4,9H2,1-3H3/t12-,14?/m0/s1. The minimum Gasteiger partial charge on any atom is -0.463 e. The molecule has 0 aliphatic carbocycles. The average Bonchev–Trinajstić information content (AvgIpc) is 2.29. The number of fused-ring (bicyclic) bond motifs is 1. The van der Waals surface area contributed by atoms with E-state index in [4.69, 9.17) is 9.47 Å². The van der Waals surface area contributed by atoms with E-state index in [1.807, 2.05) is 19.1 Å². The highest BCUT2D eigenvalue weighted by atomic mass is 16.7. The smallest absolute Gasteiger partial charge is 0.215 e. The topological polar surface area (TPSA) is 30.5 Å². The van der Waals surface area contributed by atoms with Gasteiger partial charge in [0.25, 0.3) is 0 Å². The van der Waals surface area contributed by atoms with E-state index in [1.165, 1.54) is 5.56 Å². The Morgan fingerprint density at radius 1 is 1.41 bits per heavy atom. The number of benzene rings is 1. The monoisotopic (exact) mass is 235 g/mol. The molecule has 3 heteroatoms. The molecular weight excluding hydrogens is 214 g/mol. The second-order valence-corrected chi connectivity index (χ2v) is 4.68. The molecule has 2 rings (SSSR count). The first-order valence-corrected chi connectivity index (χ1v) is 6.33. The normalized spacial score (nSPS) is 23.3. The zero-order valence-corrected chi connectivity index (χ0v) is 10.8. The molecule has 0 radical (unpaired) electrons. The number of para-hydroxylation sites is 1. The number of hydrogen-bond donors (Lipinski definition) is 1. The lowest BCUT2D eigenvalue weighted by Crippen LogP contribution is -2.50. The fourth-order valence-electron chi connectivity index (χ4n) is 2.21. The maximum atomic E-state index is 5.90. The van der Waals surface area contributed by atoms with E-state index in [-0.39, 0.29) is 12.3 Å². The van der Waals surface area contributed by atoms with Crippen LogP contribution in [0.2, 0.25) is 0 Å². The SMILES string of the molecule is CCOC1Oc2ccccc2C[C@@H]1NC(C)C. The molecule has 3 nitrogen and oxygen atoms in total. The van der Waals surface area contributed by atoms with E-state index in [0.29, 0.717) is 12.6 Å². The summed E-state index contributed by atoms with van der Waals surface area (Å²) in [7, 11) is 0. The third kappa shape index (κ3) is 2.99. The lowest BCUT2D eigenvalue weighted by molar-refractivity contribution is -0.106. The van der Waals surface area contributed by atoms with Gasteiger partial charge in [0.05, 0.1) is 6.04 Å². The van der Waals surface area contributed by atoms with Gasteiger partial charge >= 0.3 is 0 Å². The van der Waals surface area contributed by atoms with Crippen molar-refractivity contribution < 1.29 is 9.47 Å². The van der Waals surface area contributed by atoms with Gasteiger partial charge in [-0.2, -0.15) is 0 Å². The molecule has 1 aliphatic rings. The zero-order valence-electron chi connectivity index (χ0n) is 10.8. The zero-order chi connectivity index (χ0) is 12.3. The molecule has 1 aromatic carbocycles. The molecule has 0 aromatic heterocycles. The van der Waals surface area contributed by atoms with E-state index in [2.05, 4.69) is 31.3 Å². The Labute approximate surface area is 103 Å². The van der Waals surface area contributed by atoms with Crippen molar-refractivity contribution in [2.24, 2.45) is 0 Å². The fraction of sp³-hybridized carbons (Fsp3) is 0.571. The summed E-state index contributed by atoms with van der Waals surface area (Å²) < 4.78 is 11.6. The molecule has 1 unspecified atom stereocenters. The largest absolute Gasteiger partial charge is 0.463 e. The van der Waals surface area contributed by atoms with Gasteiger partial charge in [-0.1, -0.05) is 32.0 Å². The molecule has 0 saturated carbocycles. The summed E-state index contributed by atoms with van der Waals surface area (Å²) in [6.07, 6.45) is 0.774. The number of rotatable bonds is 4. The summed E-state index contributed by atoms with van der Waals surface area (Å²) >= 11 is 0. The van der Waals surface area contributed by atoms with Gasteiger partial charge in [0, 0.05) is 12.6 Å². The van der Waals surface area contributed by atoms with Crippen LogP contribution in [0.15, 0.2) is 24.3 Å². The Bertz CT molecular complexity index is 365. The number of nitrogens with one attached hydrogen (secondary N) is 1. The second kappa shape index (κ2) is 5.52. The van der Waals surface area contributed by atoms with Crippen molar-refractivity contribution in [3.63, 3.8) is 0 Å². The van der Waals surface area contributed by atoms with Crippen LogP contribution in [0.3, 0.4) is 0 Å². The summed E-state index contributed by atoms with van der Waals surface area (Å²) in [6.45, 7) is 6.95. The van der Waals surface area contributed by atoms with Gasteiger partial charge in [0.2, 0.25) is 6.29 Å². The summed E-state index contributed by atoms with van der Waals surface area (Å²) in [5, 5.41) is 3.51. The lowest BCUT2D eigenvalue weighted by Gasteiger charge is -2.34. The number of ether oxygens (including phenoxy) is 2. The van der Waals surface area contributed by atoms with Crippen molar-refractivity contribution in [1.29, 1.82) is 0 Å². The molecule has 1 aromatic rings. The molecular formula is C14H21NO2. The van der Waals surface area contributed by atoms with Crippen LogP contribution < -0.4 is 10.1 Å². The Kier molecular flexibility index (Phi) is 4.02. The van der Waals surface area contributed by atoms with Crippen LogP contribution in [-0.4, -0.2) is 25.0 Å². The molecule has 2 atom stereocenters. The lowest BCUT2D eigenvalue weighted by atomic mass is 10.0. The molecule has 1 N–H and O–H groups in total. The van der Waals surface area contributed by atoms with Gasteiger partial charge < -0.3 is 14.8 Å². The van der Waals surface area contributed by atoms with Gasteiger partial charge in [0.1, 0.15) is 5.75 Å². The minimum absolute atomic E-state index is 0.183. The van der Waals surface area contributed by atoms with E-state index >= 15 is 0 Å². The summed E-state index contributed by atoms with van der Waals surface area (Å²) in [5.74, 6) is 0.952. The van der Waals surface area contributed by atoms with Crippen molar-refractivity contribution in [3.05, 3.63) is 29.8 Å². The van der Waals surface area contributed by atoms with Crippen LogP contribution in [0.5, 0.6) is 5.75 Å². The Balaban J connectivity index is 2.15. The predicted molar refractivity (Wildman–Crippen MR) is 68.2 cm³/mol. The first kappa shape index (κ1) is 12.4. The Morgan fingerprint density at radius 2 is 2.18 bits per heavy atom. The second-order valence-electron chi connectivity index (χ2n) is 4.68. The van der Waals surface area contributed by atoms with Crippen LogP contribution in [0, 0.1) is 0 Å². The van der Waals surface area contributed by atoms with Crippen LogP contribution in [-0.2, 0) is 11.2 Å². The van der Waals surface area contributed by atoms with Crippen LogP contribution >= 0.6 is 0 Å². The first-order valence-electron chi connectivity index (χ1n) is 6.33. The van der Waals surface area contributed by atoms with Crippen molar-refractivity contribution in [2.75, 3.05) is 6.61 Å². The van der Waals surface area contributed by atoms with Gasteiger partial charge in [-0.05, 0) is 25.0 Å². The predicted octanol–water partition coefficient (Wildman–Crippen LogP) is 2.35. The maximum absolute atomic E-state index is 5.90. The fourth-order valence-corrected chi connectivity index (χ4v) is 2.21. The van der Waals surface area contributed by atoms with E-state index in [9.17, 15) is 0 Å². The van der Waals surface area contributed by atoms with E-state index < -0.39 is 0 Å². The third-order valence-electron chi connectivity index (χ3n) is 2.86. The molecule has 17 heavy (non-hydrogen) atoms. The van der Waals surface area contributed by atoms with E-state index in [1.54, 1.807) is 0 Å². The molecule has 1 aliphatic heterocycles. The van der Waals surface area contributed by atoms with Crippen LogP contribution in [0.1, 0.15) is 26.3 Å². The first-order chi connectivity index (χ1) is 8.20. The van der Waals surface area contributed by atoms with Gasteiger partial charge in [-0.15, -0.1) is 0 Å². The Hall–Kier alpha value is -1.06. The van der Waals surface area contributed by atoms with Crippen LogP contribution in [0.4, 0.5) is 0 Å². The molecule has 94 valence electrons. The van der Waals surface area contributed by atoms with Crippen molar-refractivity contribution in [3.8, 4) is 5.75 Å². The van der Waals surface area contributed by atoms with E-state index in [0.717, 1.165) is 12.2 Å². The highest BCUT2D eigenvalue weighted by Crippen LogP contribution is 2.28. The van der Waals surface area contributed by atoms with Gasteiger partial charge in [-0.3, -0.25) is 0 Å². The van der Waals surface area contributed by atoms with Crippen molar-refractivity contribution >= 4 is 0 Å². The highest BCUT2D eigenvalue weighted by Gasteiger charge is 2.30. The highest BCUT2D eigenvalue weighted by molar-refractivity contribution is 5.36. The quantitative estimate of drug-likeness (QED) is 0.869. The summed E-state index contributed by atoms with van der Waals surface area (Å²) in [5.41, 5.74) is 1.25. The molecule has 0 spiro atoms. The molecule has 1 heterocycles. The minimum atomic E-state index is -0.183. The average molecular weight is 235 g/mol. The summed E-state index contributed by atoms with van der Waals surface area (Å²) in [4.78, 5) is 0. The van der Waals surface area contributed by atoms with Crippen molar-refractivity contribution in [1.82, 2.24) is 5.32 Å². The summed E-state index contributed by atoms with van der Waals surface area (Å²) in [6, 6.07) is 8.83. The van der Waals surface area contributed by atoms with Gasteiger partial charge in [0.15, 0.2) is 0 Å². The third-order valence-corrected chi connectivity index (χ3v) is 2.86. The van der Waals surface area contributed by atoms with Gasteiger partial charge in [-0.25, -0.2) is 0 Å². The maximum Gasteiger partial charge on any atom is 0.215 e.